The minimum atomic E-state index is 0.674. The Bertz CT molecular complexity index is 562. The average molecular weight is 260 g/mol. The molecule has 0 fully saturated rings. The molecule has 2 aromatic heterocycles. The smallest absolute Gasteiger partial charge is 0.165 e. The van der Waals surface area contributed by atoms with Crippen LogP contribution in [0.3, 0.4) is 0 Å². The highest BCUT2D eigenvalue weighted by Crippen LogP contribution is 2.24. The van der Waals surface area contributed by atoms with Crippen LogP contribution in [0.2, 0.25) is 0 Å². The van der Waals surface area contributed by atoms with Crippen molar-refractivity contribution in [2.24, 2.45) is 12.9 Å². The van der Waals surface area contributed by atoms with E-state index in [2.05, 4.69) is 34.3 Å². The maximum Gasteiger partial charge on any atom is 0.165 e. The van der Waals surface area contributed by atoms with Crippen LogP contribution in [0.15, 0.2) is 6.20 Å². The highest BCUT2D eigenvalue weighted by molar-refractivity contribution is 5.61. The Morgan fingerprint density at radius 2 is 1.89 bits per heavy atom. The zero-order valence-electron chi connectivity index (χ0n) is 11.9. The van der Waals surface area contributed by atoms with Gasteiger partial charge in [-0.15, -0.1) is 0 Å². The Kier molecular flexibility index (Phi) is 3.80. The second-order valence-corrected chi connectivity index (χ2v) is 4.48. The summed E-state index contributed by atoms with van der Waals surface area (Å²) in [4.78, 5) is 9.12. The number of nitrogens with zero attached hydrogens (tertiary/aromatic N) is 4. The molecule has 0 aromatic carbocycles. The van der Waals surface area contributed by atoms with Crippen LogP contribution in [0, 0.1) is 6.92 Å². The van der Waals surface area contributed by atoms with Crippen LogP contribution >= 0.6 is 0 Å². The molecule has 102 valence electrons. The van der Waals surface area contributed by atoms with Crippen molar-refractivity contribution >= 4 is 5.82 Å². The molecule has 0 saturated heterocycles. The summed E-state index contributed by atoms with van der Waals surface area (Å²) in [6.45, 7) is 6.12. The molecule has 0 unspecified atom stereocenters. The molecule has 3 N–H and O–H groups in total. The summed E-state index contributed by atoms with van der Waals surface area (Å²) in [5.74, 6) is 6.89. The quantitative estimate of drug-likeness (QED) is 0.644. The van der Waals surface area contributed by atoms with Crippen LogP contribution in [0.5, 0.6) is 0 Å². The first kappa shape index (κ1) is 13.5. The van der Waals surface area contributed by atoms with E-state index >= 15 is 0 Å². The molecule has 0 aliphatic carbocycles. The molecular weight excluding hydrogens is 240 g/mol. The zero-order chi connectivity index (χ0) is 14.0. The first-order valence-corrected chi connectivity index (χ1v) is 6.47. The van der Waals surface area contributed by atoms with E-state index in [4.69, 9.17) is 5.84 Å². The van der Waals surface area contributed by atoms with E-state index in [-0.39, 0.29) is 0 Å². The molecule has 2 aromatic rings. The van der Waals surface area contributed by atoms with E-state index in [0.717, 1.165) is 35.4 Å². The minimum absolute atomic E-state index is 0.674. The fraction of sp³-hybridized carbons (Fsp3) is 0.462. The number of hydrogen-bond acceptors (Lipinski definition) is 5. The summed E-state index contributed by atoms with van der Waals surface area (Å²) in [5.41, 5.74) is 6.61. The van der Waals surface area contributed by atoms with Crippen LogP contribution in [0.25, 0.3) is 11.4 Å². The normalized spacial score (nSPS) is 10.8. The minimum Gasteiger partial charge on any atom is -0.308 e. The van der Waals surface area contributed by atoms with E-state index in [0.29, 0.717) is 11.6 Å². The summed E-state index contributed by atoms with van der Waals surface area (Å²) >= 11 is 0. The first-order valence-electron chi connectivity index (χ1n) is 6.47. The summed E-state index contributed by atoms with van der Waals surface area (Å²) in [5, 5.41) is 4.42. The van der Waals surface area contributed by atoms with Crippen molar-refractivity contribution in [2.75, 3.05) is 5.43 Å². The van der Waals surface area contributed by atoms with E-state index in [1.165, 1.54) is 0 Å². The number of nitrogens with two attached hydrogens (primary N) is 1. The molecule has 0 radical (unpaired) electrons. The van der Waals surface area contributed by atoms with Crippen molar-refractivity contribution in [1.29, 1.82) is 0 Å². The Hall–Kier alpha value is -1.95. The van der Waals surface area contributed by atoms with Gasteiger partial charge >= 0.3 is 0 Å². The fourth-order valence-corrected chi connectivity index (χ4v) is 2.15. The van der Waals surface area contributed by atoms with Crippen LogP contribution in [-0.4, -0.2) is 19.7 Å². The molecule has 2 rings (SSSR count). The molecule has 2 heterocycles. The standard InChI is InChI=1S/C13H20N6/c1-5-10-8(3)12(17-14)16-13(15-10)9-7-19(4)18-11(9)6-2/h7H,5-6,14H2,1-4H3,(H,15,16,17). The third-order valence-corrected chi connectivity index (χ3v) is 3.20. The lowest BCUT2D eigenvalue weighted by Gasteiger charge is -2.10. The van der Waals surface area contributed by atoms with E-state index < -0.39 is 0 Å². The Morgan fingerprint density at radius 1 is 1.21 bits per heavy atom. The van der Waals surface area contributed by atoms with Gasteiger partial charge in [0.15, 0.2) is 5.82 Å². The summed E-state index contributed by atoms with van der Waals surface area (Å²) in [6, 6.07) is 0. The molecule has 0 aliphatic rings. The van der Waals surface area contributed by atoms with E-state index in [9.17, 15) is 0 Å². The average Bonchev–Trinajstić information content (AvgIpc) is 2.80. The number of aromatic nitrogens is 4. The van der Waals surface area contributed by atoms with Crippen LogP contribution in [0.1, 0.15) is 30.8 Å². The highest BCUT2D eigenvalue weighted by Gasteiger charge is 2.15. The van der Waals surface area contributed by atoms with Gasteiger partial charge in [-0.3, -0.25) is 4.68 Å². The molecule has 0 amide bonds. The van der Waals surface area contributed by atoms with Crippen molar-refractivity contribution in [3.63, 3.8) is 0 Å². The Balaban J connectivity index is 2.61. The van der Waals surface area contributed by atoms with Gasteiger partial charge in [-0.05, 0) is 19.8 Å². The molecule has 6 nitrogen and oxygen atoms in total. The van der Waals surface area contributed by atoms with Crippen LogP contribution in [-0.2, 0) is 19.9 Å². The number of hydrazine groups is 1. The number of nitrogens with one attached hydrogen (secondary N) is 1. The van der Waals surface area contributed by atoms with E-state index in [1.54, 1.807) is 4.68 Å². The number of anilines is 1. The van der Waals surface area contributed by atoms with Gasteiger partial charge in [0.25, 0.3) is 0 Å². The maximum atomic E-state index is 5.54. The third kappa shape index (κ3) is 2.44. The second-order valence-electron chi connectivity index (χ2n) is 4.48. The molecular formula is C13H20N6. The first-order chi connectivity index (χ1) is 9.10. The summed E-state index contributed by atoms with van der Waals surface area (Å²) in [6.07, 6.45) is 3.64. The van der Waals surface area contributed by atoms with Crippen molar-refractivity contribution in [2.45, 2.75) is 33.6 Å². The lowest BCUT2D eigenvalue weighted by Crippen LogP contribution is -2.13. The molecule has 0 aliphatic heterocycles. The van der Waals surface area contributed by atoms with Gasteiger partial charge in [0.1, 0.15) is 5.82 Å². The van der Waals surface area contributed by atoms with Crippen molar-refractivity contribution in [3.8, 4) is 11.4 Å². The predicted molar refractivity (Wildman–Crippen MR) is 75.5 cm³/mol. The molecule has 0 atom stereocenters. The molecule has 0 bridgehead atoms. The SMILES string of the molecule is CCc1nn(C)cc1-c1nc(CC)c(C)c(NN)n1. The van der Waals surface area contributed by atoms with Crippen molar-refractivity contribution < 1.29 is 0 Å². The van der Waals surface area contributed by atoms with E-state index in [1.807, 2.05) is 20.2 Å². The fourth-order valence-electron chi connectivity index (χ4n) is 2.15. The Morgan fingerprint density at radius 3 is 2.47 bits per heavy atom. The van der Waals surface area contributed by atoms with Gasteiger partial charge in [0.2, 0.25) is 0 Å². The topological polar surface area (TPSA) is 81.7 Å². The summed E-state index contributed by atoms with van der Waals surface area (Å²) in [7, 11) is 1.90. The second kappa shape index (κ2) is 5.36. The highest BCUT2D eigenvalue weighted by atomic mass is 15.3. The van der Waals surface area contributed by atoms with Gasteiger partial charge in [0.05, 0.1) is 11.3 Å². The van der Waals surface area contributed by atoms with Gasteiger partial charge in [-0.25, -0.2) is 15.8 Å². The van der Waals surface area contributed by atoms with Gasteiger partial charge < -0.3 is 5.43 Å². The molecule has 0 saturated carbocycles. The Labute approximate surface area is 113 Å². The lowest BCUT2D eigenvalue weighted by molar-refractivity contribution is 0.746. The maximum absolute atomic E-state index is 5.54. The number of aryl methyl sites for hydroxylation is 3. The third-order valence-electron chi connectivity index (χ3n) is 3.20. The van der Waals surface area contributed by atoms with Crippen molar-refractivity contribution in [1.82, 2.24) is 19.7 Å². The van der Waals surface area contributed by atoms with Gasteiger partial charge in [-0.2, -0.15) is 5.10 Å². The largest absolute Gasteiger partial charge is 0.308 e. The molecule has 19 heavy (non-hydrogen) atoms. The predicted octanol–water partition coefficient (Wildman–Crippen LogP) is 1.60. The monoisotopic (exact) mass is 260 g/mol. The lowest BCUT2D eigenvalue weighted by atomic mass is 10.1. The van der Waals surface area contributed by atoms with Crippen molar-refractivity contribution in [3.05, 3.63) is 23.1 Å². The molecule has 6 heteroatoms. The molecule has 0 spiro atoms. The van der Waals surface area contributed by atoms with Crippen LogP contribution < -0.4 is 11.3 Å². The summed E-state index contributed by atoms with van der Waals surface area (Å²) < 4.78 is 1.79. The number of rotatable bonds is 4. The zero-order valence-corrected chi connectivity index (χ0v) is 11.9. The van der Waals surface area contributed by atoms with Crippen LogP contribution in [0.4, 0.5) is 5.82 Å². The number of nitrogen functional groups attached to an aromatic ring is 1. The van der Waals surface area contributed by atoms with Gasteiger partial charge in [-0.1, -0.05) is 13.8 Å². The number of hydrogen-bond donors (Lipinski definition) is 2. The van der Waals surface area contributed by atoms with Gasteiger partial charge in [0, 0.05) is 24.5 Å².